The van der Waals surface area contributed by atoms with Crippen molar-refractivity contribution in [2.24, 2.45) is 0 Å². The van der Waals surface area contributed by atoms with Gasteiger partial charge in [-0.15, -0.1) is 0 Å². The minimum absolute atomic E-state index is 0.00535. The molecule has 22 heavy (non-hydrogen) atoms. The first-order valence-electron chi connectivity index (χ1n) is 5.96. The maximum absolute atomic E-state index is 13.1. The highest BCUT2D eigenvalue weighted by atomic mass is 35.5. The number of aromatic nitrogens is 1. The molecule has 0 saturated heterocycles. The Balaban J connectivity index is 1.89. The first kappa shape index (κ1) is 15.1. The molecule has 0 aliphatic carbocycles. The zero-order chi connectivity index (χ0) is 15.9. The van der Waals surface area contributed by atoms with E-state index in [1.54, 1.807) is 12.1 Å². The minimum atomic E-state index is -1.09. The number of carbonyl (C=O) groups excluding carboxylic acids is 1. The molecule has 3 aromatic rings. The monoisotopic (exact) mass is 358 g/mol. The van der Waals surface area contributed by atoms with E-state index in [9.17, 15) is 13.6 Å². The van der Waals surface area contributed by atoms with Gasteiger partial charge in [0.25, 0.3) is 5.91 Å². The highest BCUT2D eigenvalue weighted by molar-refractivity contribution is 7.22. The molecule has 0 spiro atoms. The number of nitrogens with zero attached hydrogens (tertiary/aromatic N) is 1. The van der Waals surface area contributed by atoms with Crippen LogP contribution in [0.2, 0.25) is 10.0 Å². The third kappa shape index (κ3) is 2.90. The summed E-state index contributed by atoms with van der Waals surface area (Å²) in [6, 6.07) is 6.13. The molecule has 1 aromatic heterocycles. The fraction of sp³-hybridized carbons (Fsp3) is 0. The second-order valence-electron chi connectivity index (χ2n) is 4.34. The molecule has 0 aliphatic heterocycles. The number of nitrogens with one attached hydrogen (secondary N) is 1. The summed E-state index contributed by atoms with van der Waals surface area (Å²) in [5.41, 5.74) is 0.578. The standard InChI is InChI=1S/C14H6Cl2F2N2OS/c15-7-4-11-12(5-8(7)16)22-14(19-11)20-13(21)6-1-2-9(17)10(18)3-6/h1-5H,(H,19,20,21). The third-order valence-electron chi connectivity index (χ3n) is 2.83. The van der Waals surface area contributed by atoms with E-state index in [1.165, 1.54) is 17.4 Å². The Kier molecular flexibility index (Phi) is 3.99. The number of fused-ring (bicyclic) bond motifs is 1. The van der Waals surface area contributed by atoms with Crippen LogP contribution in [0.15, 0.2) is 30.3 Å². The first-order chi connectivity index (χ1) is 10.4. The number of halogens is 4. The molecule has 3 nitrogen and oxygen atoms in total. The van der Waals surface area contributed by atoms with Gasteiger partial charge in [0.15, 0.2) is 16.8 Å². The lowest BCUT2D eigenvalue weighted by atomic mass is 10.2. The van der Waals surface area contributed by atoms with Gasteiger partial charge in [0.05, 0.1) is 20.3 Å². The van der Waals surface area contributed by atoms with Crippen LogP contribution in [0.3, 0.4) is 0 Å². The van der Waals surface area contributed by atoms with E-state index in [4.69, 9.17) is 23.2 Å². The van der Waals surface area contributed by atoms with Crippen molar-refractivity contribution in [3.8, 4) is 0 Å². The fourth-order valence-electron chi connectivity index (χ4n) is 1.78. The molecule has 0 unspecified atom stereocenters. The van der Waals surface area contributed by atoms with Crippen LogP contribution < -0.4 is 5.32 Å². The molecule has 0 aliphatic rings. The quantitative estimate of drug-likeness (QED) is 0.689. The van der Waals surface area contributed by atoms with Crippen molar-refractivity contribution in [3.63, 3.8) is 0 Å². The summed E-state index contributed by atoms with van der Waals surface area (Å²) in [4.78, 5) is 16.2. The largest absolute Gasteiger partial charge is 0.298 e. The number of amides is 1. The van der Waals surface area contributed by atoms with Gasteiger partial charge in [-0.2, -0.15) is 0 Å². The first-order valence-corrected chi connectivity index (χ1v) is 7.53. The molecule has 0 fully saturated rings. The summed E-state index contributed by atoms with van der Waals surface area (Å²) in [5, 5.41) is 3.58. The maximum Gasteiger partial charge on any atom is 0.257 e. The van der Waals surface area contributed by atoms with E-state index >= 15 is 0 Å². The van der Waals surface area contributed by atoms with Gasteiger partial charge in [-0.3, -0.25) is 10.1 Å². The molecule has 2 aromatic carbocycles. The predicted octanol–water partition coefficient (Wildman–Crippen LogP) is 5.13. The van der Waals surface area contributed by atoms with Crippen LogP contribution in [0.1, 0.15) is 10.4 Å². The summed E-state index contributed by atoms with van der Waals surface area (Å²) in [6.07, 6.45) is 0. The summed E-state index contributed by atoms with van der Waals surface area (Å²) in [6.45, 7) is 0. The predicted molar refractivity (Wildman–Crippen MR) is 84.0 cm³/mol. The van der Waals surface area contributed by atoms with Crippen LogP contribution in [-0.4, -0.2) is 10.9 Å². The van der Waals surface area contributed by atoms with Crippen molar-refractivity contribution in [1.29, 1.82) is 0 Å². The lowest BCUT2D eigenvalue weighted by molar-refractivity contribution is 0.102. The maximum atomic E-state index is 13.1. The Morgan fingerprint density at radius 2 is 1.82 bits per heavy atom. The van der Waals surface area contributed by atoms with Crippen LogP contribution in [0.4, 0.5) is 13.9 Å². The van der Waals surface area contributed by atoms with E-state index in [0.717, 1.165) is 16.8 Å². The second-order valence-corrected chi connectivity index (χ2v) is 6.18. The highest BCUT2D eigenvalue weighted by Gasteiger charge is 2.13. The highest BCUT2D eigenvalue weighted by Crippen LogP contribution is 2.33. The molecule has 0 bridgehead atoms. The second kappa shape index (κ2) is 5.79. The summed E-state index contributed by atoms with van der Waals surface area (Å²) in [7, 11) is 0. The van der Waals surface area contributed by atoms with Crippen molar-refractivity contribution < 1.29 is 13.6 Å². The number of benzene rings is 2. The molecule has 1 N–H and O–H groups in total. The molecule has 0 atom stereocenters. The Morgan fingerprint density at radius 1 is 1.09 bits per heavy atom. The summed E-state index contributed by atoms with van der Waals surface area (Å²) < 4.78 is 26.7. The fourth-order valence-corrected chi connectivity index (χ4v) is 3.05. The van der Waals surface area contributed by atoms with Crippen molar-refractivity contribution >= 4 is 55.8 Å². The average molecular weight is 359 g/mol. The van der Waals surface area contributed by atoms with Gasteiger partial charge >= 0.3 is 0 Å². The molecule has 1 heterocycles. The summed E-state index contributed by atoms with van der Waals surface area (Å²) in [5.74, 6) is -2.69. The van der Waals surface area contributed by atoms with Crippen molar-refractivity contribution in [1.82, 2.24) is 4.98 Å². The van der Waals surface area contributed by atoms with E-state index in [0.29, 0.717) is 20.7 Å². The number of rotatable bonds is 2. The molecular weight excluding hydrogens is 353 g/mol. The number of hydrogen-bond acceptors (Lipinski definition) is 3. The van der Waals surface area contributed by atoms with Gasteiger partial charge in [0.1, 0.15) is 0 Å². The topological polar surface area (TPSA) is 42.0 Å². The van der Waals surface area contributed by atoms with Crippen LogP contribution >= 0.6 is 34.5 Å². The molecular formula is C14H6Cl2F2N2OS. The zero-order valence-electron chi connectivity index (χ0n) is 10.7. The van der Waals surface area contributed by atoms with Crippen LogP contribution in [0.5, 0.6) is 0 Å². The van der Waals surface area contributed by atoms with Gasteiger partial charge in [0, 0.05) is 5.56 Å². The smallest absolute Gasteiger partial charge is 0.257 e. The number of carbonyl (C=O) groups is 1. The molecule has 0 radical (unpaired) electrons. The number of anilines is 1. The van der Waals surface area contributed by atoms with Crippen LogP contribution in [-0.2, 0) is 0 Å². The zero-order valence-corrected chi connectivity index (χ0v) is 13.0. The minimum Gasteiger partial charge on any atom is -0.298 e. The van der Waals surface area contributed by atoms with Gasteiger partial charge in [-0.05, 0) is 30.3 Å². The number of thiazole rings is 1. The summed E-state index contributed by atoms with van der Waals surface area (Å²) >= 11 is 13.0. The van der Waals surface area contributed by atoms with Crippen molar-refractivity contribution in [2.45, 2.75) is 0 Å². The SMILES string of the molecule is O=C(Nc1nc2cc(Cl)c(Cl)cc2s1)c1ccc(F)c(F)c1. The number of hydrogen-bond donors (Lipinski definition) is 1. The van der Waals surface area contributed by atoms with Crippen molar-refractivity contribution in [2.75, 3.05) is 5.32 Å². The Bertz CT molecular complexity index is 859. The van der Waals surface area contributed by atoms with E-state index in [1.807, 2.05) is 0 Å². The van der Waals surface area contributed by atoms with Gasteiger partial charge in [-0.25, -0.2) is 13.8 Å². The average Bonchev–Trinajstić information content (AvgIpc) is 2.83. The molecule has 8 heteroatoms. The molecule has 112 valence electrons. The van der Waals surface area contributed by atoms with Gasteiger partial charge in [0.2, 0.25) is 0 Å². The normalized spacial score (nSPS) is 10.9. The van der Waals surface area contributed by atoms with E-state index < -0.39 is 17.5 Å². The Labute approximate surface area is 137 Å². The van der Waals surface area contributed by atoms with Crippen molar-refractivity contribution in [3.05, 3.63) is 57.6 Å². The lowest BCUT2D eigenvalue weighted by Gasteiger charge is -2.01. The Morgan fingerprint density at radius 3 is 2.55 bits per heavy atom. The van der Waals surface area contributed by atoms with Gasteiger partial charge < -0.3 is 0 Å². The molecule has 0 saturated carbocycles. The lowest BCUT2D eigenvalue weighted by Crippen LogP contribution is -2.12. The third-order valence-corrected chi connectivity index (χ3v) is 4.49. The van der Waals surface area contributed by atoms with Crippen LogP contribution in [0, 0.1) is 11.6 Å². The van der Waals surface area contributed by atoms with E-state index in [2.05, 4.69) is 10.3 Å². The van der Waals surface area contributed by atoms with E-state index in [-0.39, 0.29) is 5.56 Å². The molecule has 1 amide bonds. The Hall–Kier alpha value is -1.76. The molecule has 3 rings (SSSR count). The van der Waals surface area contributed by atoms with Gasteiger partial charge in [-0.1, -0.05) is 34.5 Å². The van der Waals surface area contributed by atoms with Crippen LogP contribution in [0.25, 0.3) is 10.2 Å².